The molecule has 50 heavy (non-hydrogen) atoms. The smallest absolute Gasteiger partial charge is 0.254 e. The summed E-state index contributed by atoms with van der Waals surface area (Å²) in [5.74, 6) is -1.69. The van der Waals surface area contributed by atoms with Crippen LogP contribution in [0.4, 0.5) is 10.2 Å². The second-order valence-electron chi connectivity index (χ2n) is 15.6. The molecule has 0 unspecified atom stereocenters. The number of ether oxygens (including phenoxy) is 1. The summed E-state index contributed by atoms with van der Waals surface area (Å²) in [6, 6.07) is 4.35. The van der Waals surface area contributed by atoms with E-state index in [1.54, 1.807) is 12.1 Å². The zero-order valence-corrected chi connectivity index (χ0v) is 31.9. The van der Waals surface area contributed by atoms with Gasteiger partial charge in [-0.05, 0) is 55.7 Å². The van der Waals surface area contributed by atoms with Crippen LogP contribution in [-0.2, 0) is 29.1 Å². The van der Waals surface area contributed by atoms with Gasteiger partial charge in [0.05, 0.1) is 11.4 Å². The normalized spacial score (nSPS) is 17.0. The van der Waals surface area contributed by atoms with Gasteiger partial charge < -0.3 is 20.3 Å². The highest BCUT2D eigenvalue weighted by atomic mass is 28.3. The predicted octanol–water partition coefficient (Wildman–Crippen LogP) is 8.42. The first-order valence-corrected chi connectivity index (χ1v) is 22.5. The van der Waals surface area contributed by atoms with Crippen molar-refractivity contribution < 1.29 is 23.2 Å². The average molecular weight is 709 g/mol. The molecule has 2 aliphatic carbocycles. The Morgan fingerprint density at radius 3 is 2.22 bits per heavy atom. The number of hydrogen-bond donors (Lipinski definition) is 2. The molecule has 10 nitrogen and oxygen atoms in total. The molecule has 1 atom stereocenters. The Morgan fingerprint density at radius 2 is 1.68 bits per heavy atom. The standard InChI is InChI=1S/C38H57FN6O4Si/c1-7-28-33(37(40)46)35(49-44-28)34(32(25-15-11-9-12-16-25)26-17-13-10-14-18-26)38(47)42-30-20-19-27(36(39)41-30)31-24(3)43-45(29(31)8-2)23-48-21-22-50(4,5)6/h19-20,25-26,32,34H,7-18,21-23H2,1-6H3,(H2,40,46)(H,41,42,47)/t34-/m0/s1. The molecular weight excluding hydrogens is 652 g/mol. The highest BCUT2D eigenvalue weighted by Crippen LogP contribution is 2.48. The molecule has 2 saturated carbocycles. The molecule has 2 amide bonds. The highest BCUT2D eigenvalue weighted by Gasteiger charge is 2.45. The highest BCUT2D eigenvalue weighted by molar-refractivity contribution is 6.76. The maximum absolute atomic E-state index is 16.0. The van der Waals surface area contributed by atoms with Gasteiger partial charge in [-0.15, -0.1) is 0 Å². The first kappa shape index (κ1) is 37.9. The van der Waals surface area contributed by atoms with Crippen LogP contribution in [0.1, 0.15) is 117 Å². The third-order valence-electron chi connectivity index (χ3n) is 10.9. The number of aromatic nitrogens is 4. The zero-order valence-electron chi connectivity index (χ0n) is 30.9. The predicted molar refractivity (Wildman–Crippen MR) is 196 cm³/mol. The molecule has 2 fully saturated rings. The van der Waals surface area contributed by atoms with Crippen LogP contribution in [0.25, 0.3) is 11.1 Å². The lowest BCUT2D eigenvalue weighted by Gasteiger charge is -2.41. The number of rotatable bonds is 15. The number of anilines is 1. The maximum Gasteiger partial charge on any atom is 0.254 e. The van der Waals surface area contributed by atoms with Crippen molar-refractivity contribution in [3.05, 3.63) is 46.5 Å². The van der Waals surface area contributed by atoms with Crippen molar-refractivity contribution in [2.24, 2.45) is 23.5 Å². The van der Waals surface area contributed by atoms with E-state index >= 15 is 4.39 Å². The molecule has 2 aliphatic rings. The summed E-state index contributed by atoms with van der Waals surface area (Å²) in [5, 5.41) is 11.8. The number of nitrogens with two attached hydrogens (primary N) is 1. The van der Waals surface area contributed by atoms with Gasteiger partial charge in [0.1, 0.15) is 24.0 Å². The summed E-state index contributed by atoms with van der Waals surface area (Å²) in [7, 11) is -1.23. The fourth-order valence-electron chi connectivity index (χ4n) is 8.36. The van der Waals surface area contributed by atoms with Gasteiger partial charge in [0.2, 0.25) is 11.9 Å². The molecule has 0 aliphatic heterocycles. The van der Waals surface area contributed by atoms with E-state index < -0.39 is 25.8 Å². The fourth-order valence-corrected chi connectivity index (χ4v) is 9.12. The number of carbonyl (C=O) groups is 2. The van der Waals surface area contributed by atoms with Crippen LogP contribution in [0.2, 0.25) is 25.7 Å². The van der Waals surface area contributed by atoms with Crippen molar-refractivity contribution in [3.8, 4) is 11.1 Å². The van der Waals surface area contributed by atoms with Crippen molar-refractivity contribution in [2.75, 3.05) is 11.9 Å². The number of carbonyl (C=O) groups excluding carboxylic acids is 2. The molecule has 0 aromatic carbocycles. The number of halogens is 1. The van der Waals surface area contributed by atoms with Gasteiger partial charge in [0, 0.05) is 31.5 Å². The summed E-state index contributed by atoms with van der Waals surface area (Å²) < 4.78 is 29.7. The summed E-state index contributed by atoms with van der Waals surface area (Å²) in [6.07, 6.45) is 11.9. The maximum atomic E-state index is 16.0. The lowest BCUT2D eigenvalue weighted by molar-refractivity contribution is -0.121. The van der Waals surface area contributed by atoms with Crippen molar-refractivity contribution in [1.29, 1.82) is 0 Å². The van der Waals surface area contributed by atoms with Crippen LogP contribution < -0.4 is 11.1 Å². The molecule has 0 saturated heterocycles. The Balaban J connectivity index is 1.46. The number of hydrogen-bond acceptors (Lipinski definition) is 7. The van der Waals surface area contributed by atoms with Crippen LogP contribution in [0.3, 0.4) is 0 Å². The van der Waals surface area contributed by atoms with Crippen molar-refractivity contribution >= 4 is 25.7 Å². The van der Waals surface area contributed by atoms with Gasteiger partial charge in [0.15, 0.2) is 5.76 Å². The molecule has 3 aromatic heterocycles. The van der Waals surface area contributed by atoms with Crippen LogP contribution in [-0.4, -0.2) is 46.4 Å². The van der Waals surface area contributed by atoms with Crippen molar-refractivity contribution in [3.63, 3.8) is 0 Å². The van der Waals surface area contributed by atoms with Crippen LogP contribution in [0.15, 0.2) is 16.7 Å². The van der Waals surface area contributed by atoms with Crippen LogP contribution in [0, 0.1) is 30.6 Å². The Kier molecular flexibility index (Phi) is 12.7. The average Bonchev–Trinajstić information content (AvgIpc) is 3.66. The van der Waals surface area contributed by atoms with E-state index in [1.807, 2.05) is 25.5 Å². The van der Waals surface area contributed by atoms with Gasteiger partial charge in [-0.1, -0.05) is 103 Å². The molecule has 0 spiro atoms. The molecule has 3 aromatic rings. The van der Waals surface area contributed by atoms with E-state index in [0.29, 0.717) is 48.7 Å². The van der Waals surface area contributed by atoms with Gasteiger partial charge in [0.25, 0.3) is 5.91 Å². The molecule has 3 heterocycles. The monoisotopic (exact) mass is 708 g/mol. The van der Waals surface area contributed by atoms with E-state index in [2.05, 4.69) is 40.2 Å². The van der Waals surface area contributed by atoms with E-state index in [1.165, 1.54) is 12.8 Å². The number of nitrogens with one attached hydrogen (secondary N) is 1. The van der Waals surface area contributed by atoms with Gasteiger partial charge in [-0.3, -0.25) is 9.59 Å². The van der Waals surface area contributed by atoms with Gasteiger partial charge >= 0.3 is 0 Å². The van der Waals surface area contributed by atoms with E-state index in [9.17, 15) is 9.59 Å². The first-order chi connectivity index (χ1) is 23.9. The van der Waals surface area contributed by atoms with Gasteiger partial charge in [-0.25, -0.2) is 9.67 Å². The minimum absolute atomic E-state index is 0.0657. The SMILES string of the molecule is CCc1noc([C@@H](C(=O)Nc2ccc(-c3c(C)nn(COCC[Si](C)(C)C)c3CC)c(F)n2)C(C2CCCCC2)C2CCCCC2)c1C(N)=O. The Hall–Kier alpha value is -3.38. The Morgan fingerprint density at radius 1 is 1.04 bits per heavy atom. The lowest BCUT2D eigenvalue weighted by atomic mass is 9.63. The summed E-state index contributed by atoms with van der Waals surface area (Å²) in [5.41, 5.74) is 9.14. The van der Waals surface area contributed by atoms with E-state index in [4.69, 9.17) is 15.0 Å². The molecule has 0 radical (unpaired) electrons. The minimum atomic E-state index is -1.23. The molecule has 274 valence electrons. The quantitative estimate of drug-likeness (QED) is 0.0918. The molecule has 12 heteroatoms. The third kappa shape index (κ3) is 8.73. The molecular formula is C38H57FN6O4Si. The van der Waals surface area contributed by atoms with Crippen LogP contribution >= 0.6 is 0 Å². The third-order valence-corrected chi connectivity index (χ3v) is 12.6. The zero-order chi connectivity index (χ0) is 36.0. The van der Waals surface area contributed by atoms with E-state index in [-0.39, 0.29) is 40.8 Å². The lowest BCUT2D eigenvalue weighted by Crippen LogP contribution is -2.39. The van der Waals surface area contributed by atoms with Gasteiger partial charge in [-0.2, -0.15) is 9.49 Å². The number of pyridine rings is 1. The number of aryl methyl sites for hydroxylation is 2. The number of primary amides is 1. The largest absolute Gasteiger partial charge is 0.365 e. The van der Waals surface area contributed by atoms with Crippen molar-refractivity contribution in [1.82, 2.24) is 19.9 Å². The summed E-state index contributed by atoms with van der Waals surface area (Å²) in [4.78, 5) is 31.7. The summed E-state index contributed by atoms with van der Waals surface area (Å²) in [6.45, 7) is 13.7. The van der Waals surface area contributed by atoms with Crippen molar-refractivity contribution in [2.45, 2.75) is 136 Å². The summed E-state index contributed by atoms with van der Waals surface area (Å²) >= 11 is 0. The van der Waals surface area contributed by atoms with E-state index in [0.717, 1.165) is 63.1 Å². The van der Waals surface area contributed by atoms with Crippen LogP contribution in [0.5, 0.6) is 0 Å². The molecule has 3 N–H and O–H groups in total. The second-order valence-corrected chi connectivity index (χ2v) is 21.2. The Labute approximate surface area is 297 Å². The second kappa shape index (κ2) is 16.8. The number of amides is 2. The Bertz CT molecular complexity index is 1600. The number of nitrogens with zero attached hydrogens (tertiary/aromatic N) is 4. The minimum Gasteiger partial charge on any atom is -0.365 e. The fraction of sp³-hybridized carbons (Fsp3) is 0.658. The molecule has 0 bridgehead atoms. The first-order valence-electron chi connectivity index (χ1n) is 18.8. The molecule has 5 rings (SSSR count). The topological polar surface area (TPSA) is 138 Å².